The first kappa shape index (κ1) is 21.5. The molecule has 0 aliphatic rings. The molecule has 6 nitrogen and oxygen atoms in total. The first-order valence-corrected chi connectivity index (χ1v) is 9.77. The van der Waals surface area contributed by atoms with Crippen molar-refractivity contribution in [1.82, 2.24) is 14.8 Å². The van der Waals surface area contributed by atoms with Crippen LogP contribution >= 0.6 is 0 Å². The van der Waals surface area contributed by atoms with Crippen molar-refractivity contribution in [2.45, 2.75) is 13.5 Å². The number of nitrogens with one attached hydrogen (secondary N) is 1. The fraction of sp³-hybridized carbons (Fsp3) is 0.304. The summed E-state index contributed by atoms with van der Waals surface area (Å²) in [6.07, 6.45) is 0. The van der Waals surface area contributed by atoms with E-state index in [4.69, 9.17) is 4.74 Å². The predicted octanol–water partition coefficient (Wildman–Crippen LogP) is 2.55. The fourth-order valence-electron chi connectivity index (χ4n) is 3.20. The SMILES string of the molecule is Cc1cc(=O)n(Cc2ccccc2F)c2cc(OCC(=O)NCCN(C)C)ccc12. The number of benzene rings is 2. The zero-order valence-corrected chi connectivity index (χ0v) is 17.4. The number of carbonyl (C=O) groups is 1. The lowest BCUT2D eigenvalue weighted by Crippen LogP contribution is -2.34. The smallest absolute Gasteiger partial charge is 0.257 e. The van der Waals surface area contributed by atoms with Gasteiger partial charge in [-0.25, -0.2) is 4.39 Å². The lowest BCUT2D eigenvalue weighted by molar-refractivity contribution is -0.123. The highest BCUT2D eigenvalue weighted by Gasteiger charge is 2.11. The lowest BCUT2D eigenvalue weighted by Gasteiger charge is -2.15. The first-order valence-electron chi connectivity index (χ1n) is 9.77. The largest absolute Gasteiger partial charge is 0.484 e. The summed E-state index contributed by atoms with van der Waals surface area (Å²) < 4.78 is 21.3. The van der Waals surface area contributed by atoms with E-state index in [0.717, 1.165) is 17.5 Å². The van der Waals surface area contributed by atoms with E-state index in [0.29, 0.717) is 23.4 Å². The molecule has 0 fully saturated rings. The lowest BCUT2D eigenvalue weighted by atomic mass is 10.1. The summed E-state index contributed by atoms with van der Waals surface area (Å²) >= 11 is 0. The highest BCUT2D eigenvalue weighted by Crippen LogP contribution is 2.23. The Morgan fingerprint density at radius 3 is 2.67 bits per heavy atom. The van der Waals surface area contributed by atoms with Crippen LogP contribution in [0.4, 0.5) is 4.39 Å². The van der Waals surface area contributed by atoms with E-state index >= 15 is 0 Å². The van der Waals surface area contributed by atoms with Gasteiger partial charge in [0, 0.05) is 36.2 Å². The number of nitrogens with zero attached hydrogens (tertiary/aromatic N) is 2. The Morgan fingerprint density at radius 1 is 1.17 bits per heavy atom. The minimum atomic E-state index is -0.361. The molecule has 1 amide bonds. The number of halogens is 1. The third-order valence-corrected chi connectivity index (χ3v) is 4.83. The monoisotopic (exact) mass is 411 g/mol. The van der Waals surface area contributed by atoms with Gasteiger partial charge in [-0.05, 0) is 44.8 Å². The van der Waals surface area contributed by atoms with Gasteiger partial charge in [-0.2, -0.15) is 0 Å². The number of pyridine rings is 1. The van der Waals surface area contributed by atoms with E-state index in [9.17, 15) is 14.0 Å². The molecule has 7 heteroatoms. The Kier molecular flexibility index (Phi) is 6.84. The molecule has 0 aliphatic carbocycles. The number of carbonyl (C=O) groups excluding carboxylic acids is 1. The number of aryl methyl sites for hydroxylation is 1. The zero-order valence-electron chi connectivity index (χ0n) is 17.4. The maximum absolute atomic E-state index is 14.1. The molecule has 0 unspecified atom stereocenters. The third-order valence-electron chi connectivity index (χ3n) is 4.83. The van der Waals surface area contributed by atoms with Crippen LogP contribution in [0.1, 0.15) is 11.1 Å². The molecular weight excluding hydrogens is 385 g/mol. The number of hydrogen-bond donors (Lipinski definition) is 1. The van der Waals surface area contributed by atoms with Crippen LogP contribution in [0.25, 0.3) is 10.9 Å². The zero-order chi connectivity index (χ0) is 21.7. The van der Waals surface area contributed by atoms with Gasteiger partial charge in [0.05, 0.1) is 12.1 Å². The molecule has 0 atom stereocenters. The Labute approximate surface area is 174 Å². The standard InChI is InChI=1S/C23H26FN3O3/c1-16-12-23(29)27(14-17-6-4-5-7-20(17)24)21-13-18(8-9-19(16)21)30-15-22(28)25-10-11-26(2)3/h4-9,12-13H,10-11,14-15H2,1-3H3,(H,25,28). The molecule has 1 heterocycles. The molecule has 0 saturated heterocycles. The Morgan fingerprint density at radius 2 is 1.93 bits per heavy atom. The minimum Gasteiger partial charge on any atom is -0.484 e. The van der Waals surface area contributed by atoms with Crippen molar-refractivity contribution in [1.29, 1.82) is 0 Å². The number of amides is 1. The van der Waals surface area contributed by atoms with E-state index < -0.39 is 0 Å². The van der Waals surface area contributed by atoms with E-state index in [1.165, 1.54) is 10.6 Å². The van der Waals surface area contributed by atoms with E-state index in [1.807, 2.05) is 32.0 Å². The Balaban J connectivity index is 1.84. The summed E-state index contributed by atoms with van der Waals surface area (Å²) in [5, 5.41) is 3.66. The quantitative estimate of drug-likeness (QED) is 0.619. The van der Waals surface area contributed by atoms with Crippen molar-refractivity contribution in [3.8, 4) is 5.75 Å². The molecule has 2 aromatic carbocycles. The van der Waals surface area contributed by atoms with Gasteiger partial charge in [0.15, 0.2) is 6.61 Å². The van der Waals surface area contributed by atoms with Gasteiger partial charge >= 0.3 is 0 Å². The number of rotatable bonds is 8. The minimum absolute atomic E-state index is 0.108. The number of aromatic nitrogens is 1. The summed E-state index contributed by atoms with van der Waals surface area (Å²) in [6, 6.07) is 13.3. The second kappa shape index (κ2) is 9.54. The van der Waals surface area contributed by atoms with Crippen molar-refractivity contribution < 1.29 is 13.9 Å². The number of ether oxygens (including phenoxy) is 1. The summed E-state index contributed by atoms with van der Waals surface area (Å²) in [4.78, 5) is 26.6. The van der Waals surface area contributed by atoms with Gasteiger partial charge in [0.2, 0.25) is 0 Å². The Hall–Kier alpha value is -3.19. The number of hydrogen-bond acceptors (Lipinski definition) is 4. The van der Waals surface area contributed by atoms with Crippen LogP contribution in [-0.2, 0) is 11.3 Å². The molecule has 0 saturated carbocycles. The molecule has 1 N–H and O–H groups in total. The van der Waals surface area contributed by atoms with Crippen LogP contribution in [0.5, 0.6) is 5.75 Å². The van der Waals surface area contributed by atoms with Crippen molar-refractivity contribution in [3.05, 3.63) is 75.8 Å². The Bertz CT molecular complexity index is 1110. The van der Waals surface area contributed by atoms with Crippen molar-refractivity contribution >= 4 is 16.8 Å². The van der Waals surface area contributed by atoms with Crippen molar-refractivity contribution in [2.24, 2.45) is 0 Å². The number of likely N-dealkylation sites (N-methyl/N-ethyl adjacent to an activating group) is 1. The van der Waals surface area contributed by atoms with Crippen LogP contribution in [0.15, 0.2) is 53.3 Å². The van der Waals surface area contributed by atoms with E-state index in [1.54, 1.807) is 36.4 Å². The summed E-state index contributed by atoms with van der Waals surface area (Å²) in [5.41, 5.74) is 1.67. The molecule has 3 rings (SSSR count). The summed E-state index contributed by atoms with van der Waals surface area (Å²) in [5.74, 6) is -0.109. The van der Waals surface area contributed by atoms with Crippen molar-refractivity contribution in [3.63, 3.8) is 0 Å². The fourth-order valence-corrected chi connectivity index (χ4v) is 3.20. The second-order valence-corrected chi connectivity index (χ2v) is 7.46. The average Bonchev–Trinajstić information content (AvgIpc) is 2.70. The summed E-state index contributed by atoms with van der Waals surface area (Å²) in [6.45, 7) is 3.12. The van der Waals surface area contributed by atoms with Gasteiger partial charge in [-0.15, -0.1) is 0 Å². The molecule has 0 aliphatic heterocycles. The first-order chi connectivity index (χ1) is 14.3. The molecule has 0 radical (unpaired) electrons. The molecular formula is C23H26FN3O3. The van der Waals surface area contributed by atoms with Gasteiger partial charge in [-0.1, -0.05) is 18.2 Å². The highest BCUT2D eigenvalue weighted by molar-refractivity contribution is 5.84. The summed E-state index contributed by atoms with van der Waals surface area (Å²) in [7, 11) is 3.86. The topological polar surface area (TPSA) is 63.6 Å². The van der Waals surface area contributed by atoms with Gasteiger partial charge < -0.3 is 19.5 Å². The normalized spacial score (nSPS) is 11.1. The third kappa shape index (κ3) is 5.24. The van der Waals surface area contributed by atoms with Crippen LogP contribution in [0.3, 0.4) is 0 Å². The maximum atomic E-state index is 14.1. The van der Waals surface area contributed by atoms with Crippen molar-refractivity contribution in [2.75, 3.05) is 33.8 Å². The van der Waals surface area contributed by atoms with E-state index in [-0.39, 0.29) is 30.4 Å². The van der Waals surface area contributed by atoms with Gasteiger partial charge in [0.1, 0.15) is 11.6 Å². The molecule has 1 aromatic heterocycles. The second-order valence-electron chi connectivity index (χ2n) is 7.46. The van der Waals surface area contributed by atoms with Crippen LogP contribution in [0, 0.1) is 12.7 Å². The van der Waals surface area contributed by atoms with E-state index in [2.05, 4.69) is 5.32 Å². The number of fused-ring (bicyclic) bond motifs is 1. The maximum Gasteiger partial charge on any atom is 0.257 e. The average molecular weight is 411 g/mol. The molecule has 3 aromatic rings. The molecule has 30 heavy (non-hydrogen) atoms. The molecule has 158 valence electrons. The molecule has 0 spiro atoms. The van der Waals surface area contributed by atoms with Crippen LogP contribution in [-0.4, -0.2) is 49.2 Å². The highest BCUT2D eigenvalue weighted by atomic mass is 19.1. The predicted molar refractivity (Wildman–Crippen MR) is 116 cm³/mol. The van der Waals surface area contributed by atoms with Crippen LogP contribution < -0.4 is 15.6 Å². The van der Waals surface area contributed by atoms with Gasteiger partial charge in [0.25, 0.3) is 11.5 Å². The van der Waals surface area contributed by atoms with Crippen LogP contribution in [0.2, 0.25) is 0 Å². The molecule has 0 bridgehead atoms. The van der Waals surface area contributed by atoms with Gasteiger partial charge in [-0.3, -0.25) is 9.59 Å².